The van der Waals surface area contributed by atoms with Gasteiger partial charge in [0, 0.05) is 18.7 Å². The number of benzene rings is 1. The number of halogens is 1. The summed E-state index contributed by atoms with van der Waals surface area (Å²) in [7, 11) is 0. The first-order valence-electron chi connectivity index (χ1n) is 7.07. The number of rotatable bonds is 8. The second-order valence-electron chi connectivity index (χ2n) is 4.78. The monoisotopic (exact) mass is 268 g/mol. The summed E-state index contributed by atoms with van der Waals surface area (Å²) >= 11 is 0. The molecular weight excluding hydrogens is 243 g/mol. The summed E-state index contributed by atoms with van der Waals surface area (Å²) in [6.07, 6.45) is 3.08. The Labute approximate surface area is 115 Å². The second kappa shape index (κ2) is 7.87. The van der Waals surface area contributed by atoms with E-state index in [1.165, 1.54) is 6.07 Å². The van der Waals surface area contributed by atoms with E-state index in [9.17, 15) is 4.39 Å². The summed E-state index contributed by atoms with van der Waals surface area (Å²) in [5.74, 6) is 0.464. The Morgan fingerprint density at radius 2 is 1.95 bits per heavy atom. The smallest absolute Gasteiger partial charge is 0.167 e. The second-order valence-corrected chi connectivity index (χ2v) is 4.78. The van der Waals surface area contributed by atoms with Gasteiger partial charge in [-0.25, -0.2) is 4.39 Å². The van der Waals surface area contributed by atoms with Gasteiger partial charge in [-0.15, -0.1) is 0 Å². The van der Waals surface area contributed by atoms with E-state index in [1.54, 1.807) is 6.07 Å². The summed E-state index contributed by atoms with van der Waals surface area (Å²) in [6.45, 7) is 7.67. The number of nitrogens with one attached hydrogen (secondary N) is 1. The molecule has 1 aromatic carbocycles. The molecule has 0 saturated carbocycles. The van der Waals surface area contributed by atoms with Crippen molar-refractivity contribution < 1.29 is 9.13 Å². The van der Waals surface area contributed by atoms with E-state index in [0.29, 0.717) is 18.2 Å². The summed E-state index contributed by atoms with van der Waals surface area (Å²) < 4.78 is 19.0. The number of hydrogen-bond acceptors (Lipinski definition) is 3. The lowest BCUT2D eigenvalue weighted by atomic mass is 10.0. The first kappa shape index (κ1) is 15.6. The highest BCUT2D eigenvalue weighted by atomic mass is 19.1. The maximum absolute atomic E-state index is 13.7. The third-order valence-electron chi connectivity index (χ3n) is 3.30. The van der Waals surface area contributed by atoms with Crippen LogP contribution in [0.4, 0.5) is 15.8 Å². The molecule has 1 aromatic rings. The highest BCUT2D eigenvalue weighted by Gasteiger charge is 2.10. The van der Waals surface area contributed by atoms with Crippen LogP contribution in [-0.4, -0.2) is 13.2 Å². The molecule has 0 spiro atoms. The molecule has 0 amide bonds. The van der Waals surface area contributed by atoms with Gasteiger partial charge in [0.05, 0.1) is 18.0 Å². The van der Waals surface area contributed by atoms with Crippen LogP contribution in [0.3, 0.4) is 0 Å². The van der Waals surface area contributed by atoms with Gasteiger partial charge < -0.3 is 15.8 Å². The molecule has 0 heterocycles. The summed E-state index contributed by atoms with van der Waals surface area (Å²) in [5.41, 5.74) is 7.00. The molecule has 3 nitrogen and oxygen atoms in total. The third kappa shape index (κ3) is 4.62. The zero-order valence-corrected chi connectivity index (χ0v) is 12.1. The van der Waals surface area contributed by atoms with E-state index in [0.717, 1.165) is 31.5 Å². The molecule has 0 aromatic heterocycles. The maximum atomic E-state index is 13.7. The summed E-state index contributed by atoms with van der Waals surface area (Å²) in [6, 6.07) is 2.98. The van der Waals surface area contributed by atoms with Crippen molar-refractivity contribution in [3.8, 4) is 5.75 Å². The fourth-order valence-corrected chi connectivity index (χ4v) is 1.88. The van der Waals surface area contributed by atoms with Gasteiger partial charge in [0.2, 0.25) is 0 Å². The zero-order valence-electron chi connectivity index (χ0n) is 12.1. The number of nitrogen functional groups attached to an aromatic ring is 1. The largest absolute Gasteiger partial charge is 0.490 e. The van der Waals surface area contributed by atoms with Gasteiger partial charge in [-0.1, -0.05) is 33.6 Å². The molecule has 3 N–H and O–H groups in total. The molecule has 108 valence electrons. The van der Waals surface area contributed by atoms with Crippen molar-refractivity contribution in [1.29, 1.82) is 0 Å². The molecule has 0 aliphatic heterocycles. The molecule has 0 aliphatic rings. The van der Waals surface area contributed by atoms with Crippen molar-refractivity contribution in [2.75, 3.05) is 24.2 Å². The van der Waals surface area contributed by atoms with E-state index in [1.807, 2.05) is 6.92 Å². The minimum absolute atomic E-state index is 0.267. The molecular formula is C15H25FN2O. The van der Waals surface area contributed by atoms with Crippen LogP contribution in [0.1, 0.15) is 40.0 Å². The van der Waals surface area contributed by atoms with Crippen molar-refractivity contribution in [2.45, 2.75) is 40.0 Å². The van der Waals surface area contributed by atoms with Crippen LogP contribution in [0.15, 0.2) is 12.1 Å². The average Bonchev–Trinajstić information content (AvgIpc) is 2.40. The lowest BCUT2D eigenvalue weighted by molar-refractivity contribution is 0.301. The SMILES string of the molecule is CCCOc1cc(NCC(CC)CC)c(N)cc1F. The third-order valence-corrected chi connectivity index (χ3v) is 3.30. The van der Waals surface area contributed by atoms with Gasteiger partial charge in [0.25, 0.3) is 0 Å². The predicted molar refractivity (Wildman–Crippen MR) is 79.2 cm³/mol. The molecule has 0 radical (unpaired) electrons. The quantitative estimate of drug-likeness (QED) is 0.699. The minimum Gasteiger partial charge on any atom is -0.490 e. The number of anilines is 2. The van der Waals surface area contributed by atoms with Gasteiger partial charge >= 0.3 is 0 Å². The number of nitrogens with two attached hydrogens (primary N) is 1. The van der Waals surface area contributed by atoms with Crippen molar-refractivity contribution >= 4 is 11.4 Å². The van der Waals surface area contributed by atoms with Crippen LogP contribution in [0.25, 0.3) is 0 Å². The van der Waals surface area contributed by atoms with Crippen LogP contribution in [-0.2, 0) is 0 Å². The fraction of sp³-hybridized carbons (Fsp3) is 0.600. The Morgan fingerprint density at radius 3 is 2.53 bits per heavy atom. The fourth-order valence-electron chi connectivity index (χ4n) is 1.88. The lowest BCUT2D eigenvalue weighted by Crippen LogP contribution is -2.14. The molecule has 19 heavy (non-hydrogen) atoms. The Bertz CT molecular complexity index is 392. The molecule has 0 saturated heterocycles. The molecule has 0 bridgehead atoms. The average molecular weight is 268 g/mol. The van der Waals surface area contributed by atoms with Gasteiger partial charge in [0.1, 0.15) is 0 Å². The predicted octanol–water partition coefficient (Wildman–Crippen LogP) is 4.04. The zero-order chi connectivity index (χ0) is 14.3. The first-order valence-corrected chi connectivity index (χ1v) is 7.07. The summed E-state index contributed by atoms with van der Waals surface area (Å²) in [4.78, 5) is 0. The molecule has 1 rings (SSSR count). The van der Waals surface area contributed by atoms with Crippen LogP contribution in [0.5, 0.6) is 5.75 Å². The van der Waals surface area contributed by atoms with Gasteiger partial charge in [0.15, 0.2) is 11.6 Å². The Kier molecular flexibility index (Phi) is 6.46. The van der Waals surface area contributed by atoms with E-state index in [2.05, 4.69) is 19.2 Å². The van der Waals surface area contributed by atoms with E-state index >= 15 is 0 Å². The molecule has 0 unspecified atom stereocenters. The van der Waals surface area contributed by atoms with Gasteiger partial charge in [-0.2, -0.15) is 0 Å². The van der Waals surface area contributed by atoms with E-state index < -0.39 is 5.82 Å². The summed E-state index contributed by atoms with van der Waals surface area (Å²) in [5, 5.41) is 3.29. The maximum Gasteiger partial charge on any atom is 0.167 e. The van der Waals surface area contributed by atoms with Crippen LogP contribution < -0.4 is 15.8 Å². The molecule has 0 atom stereocenters. The van der Waals surface area contributed by atoms with E-state index in [-0.39, 0.29) is 5.75 Å². The molecule has 4 heteroatoms. The lowest BCUT2D eigenvalue weighted by Gasteiger charge is -2.17. The highest BCUT2D eigenvalue weighted by molar-refractivity contribution is 5.68. The van der Waals surface area contributed by atoms with Crippen molar-refractivity contribution in [3.05, 3.63) is 17.9 Å². The molecule has 0 aliphatic carbocycles. The number of ether oxygens (including phenoxy) is 1. The standard InChI is InChI=1S/C15H25FN2O/c1-4-7-19-15-9-14(13(17)8-12(15)16)18-10-11(5-2)6-3/h8-9,11,18H,4-7,10,17H2,1-3H3. The Hall–Kier alpha value is -1.45. The van der Waals surface area contributed by atoms with Crippen LogP contribution >= 0.6 is 0 Å². The van der Waals surface area contributed by atoms with Crippen molar-refractivity contribution in [2.24, 2.45) is 5.92 Å². The van der Waals surface area contributed by atoms with Crippen molar-refractivity contribution in [1.82, 2.24) is 0 Å². The topological polar surface area (TPSA) is 47.3 Å². The Morgan fingerprint density at radius 1 is 1.26 bits per heavy atom. The molecule has 0 fully saturated rings. The minimum atomic E-state index is -0.404. The van der Waals surface area contributed by atoms with Crippen LogP contribution in [0, 0.1) is 11.7 Å². The van der Waals surface area contributed by atoms with Gasteiger partial charge in [-0.05, 0) is 12.3 Å². The van der Waals surface area contributed by atoms with E-state index in [4.69, 9.17) is 10.5 Å². The van der Waals surface area contributed by atoms with Crippen LogP contribution in [0.2, 0.25) is 0 Å². The van der Waals surface area contributed by atoms with Gasteiger partial charge in [-0.3, -0.25) is 0 Å². The normalized spacial score (nSPS) is 10.8. The van der Waals surface area contributed by atoms with Crippen molar-refractivity contribution in [3.63, 3.8) is 0 Å². The Balaban J connectivity index is 2.76. The number of hydrogen-bond donors (Lipinski definition) is 2. The highest BCUT2D eigenvalue weighted by Crippen LogP contribution is 2.28. The first-order chi connectivity index (χ1) is 9.12.